The number of nitrogens with two attached hydrogens (primary N) is 1. The van der Waals surface area contributed by atoms with Gasteiger partial charge in [0.2, 0.25) is 0 Å². The lowest BCUT2D eigenvalue weighted by Gasteiger charge is -2.21. The SMILES string of the molecule is C[C@](N)(CO)c1ccc(CO)nc1. The molecule has 1 atom stereocenters. The summed E-state index contributed by atoms with van der Waals surface area (Å²) >= 11 is 0. The third kappa shape index (κ3) is 2.24. The minimum atomic E-state index is -0.763. The maximum absolute atomic E-state index is 8.97. The molecule has 0 aliphatic rings. The van der Waals surface area contributed by atoms with Gasteiger partial charge in [-0.2, -0.15) is 0 Å². The summed E-state index contributed by atoms with van der Waals surface area (Å²) in [5.74, 6) is 0. The van der Waals surface area contributed by atoms with Crippen molar-refractivity contribution in [2.45, 2.75) is 19.1 Å². The van der Waals surface area contributed by atoms with Crippen molar-refractivity contribution in [1.29, 1.82) is 0 Å². The Bertz CT molecular complexity index is 269. The normalized spacial score (nSPS) is 15.4. The van der Waals surface area contributed by atoms with Crippen LogP contribution in [0.3, 0.4) is 0 Å². The lowest BCUT2D eigenvalue weighted by molar-refractivity contribution is 0.209. The summed E-state index contributed by atoms with van der Waals surface area (Å²) in [5.41, 5.74) is 6.36. The molecule has 0 aliphatic carbocycles. The molecule has 1 heterocycles. The third-order valence-corrected chi connectivity index (χ3v) is 1.97. The zero-order valence-corrected chi connectivity index (χ0v) is 7.57. The predicted molar refractivity (Wildman–Crippen MR) is 48.8 cm³/mol. The monoisotopic (exact) mass is 182 g/mol. The number of aromatic nitrogens is 1. The number of aliphatic hydroxyl groups excluding tert-OH is 2. The van der Waals surface area contributed by atoms with Crippen LogP contribution in [0, 0.1) is 0 Å². The average Bonchev–Trinajstić information content (AvgIpc) is 2.18. The molecule has 0 saturated heterocycles. The summed E-state index contributed by atoms with van der Waals surface area (Å²) in [6.07, 6.45) is 1.57. The third-order valence-electron chi connectivity index (χ3n) is 1.97. The maximum atomic E-state index is 8.97. The van der Waals surface area contributed by atoms with Gasteiger partial charge in [-0.3, -0.25) is 4.98 Å². The molecule has 0 fully saturated rings. The summed E-state index contributed by atoms with van der Waals surface area (Å²) in [6.45, 7) is 1.51. The van der Waals surface area contributed by atoms with Gasteiger partial charge in [0.25, 0.3) is 0 Å². The van der Waals surface area contributed by atoms with Gasteiger partial charge >= 0.3 is 0 Å². The van der Waals surface area contributed by atoms with Crippen molar-refractivity contribution in [3.8, 4) is 0 Å². The Morgan fingerprint density at radius 3 is 2.54 bits per heavy atom. The van der Waals surface area contributed by atoms with E-state index in [0.29, 0.717) is 5.69 Å². The zero-order chi connectivity index (χ0) is 9.90. The van der Waals surface area contributed by atoms with Crippen LogP contribution in [-0.4, -0.2) is 21.8 Å². The molecule has 4 nitrogen and oxygen atoms in total. The lowest BCUT2D eigenvalue weighted by atomic mass is 9.96. The predicted octanol–water partition coefficient (Wildman–Crippen LogP) is -0.260. The number of aliphatic hydroxyl groups is 2. The van der Waals surface area contributed by atoms with E-state index in [4.69, 9.17) is 15.9 Å². The van der Waals surface area contributed by atoms with Gasteiger partial charge in [0.15, 0.2) is 0 Å². The second kappa shape index (κ2) is 3.83. The fourth-order valence-corrected chi connectivity index (χ4v) is 0.947. The van der Waals surface area contributed by atoms with Crippen LogP contribution in [-0.2, 0) is 12.1 Å². The summed E-state index contributed by atoms with van der Waals surface area (Å²) in [4.78, 5) is 3.97. The van der Waals surface area contributed by atoms with E-state index in [0.717, 1.165) is 5.56 Å². The number of hydrogen-bond acceptors (Lipinski definition) is 4. The minimum Gasteiger partial charge on any atom is -0.394 e. The van der Waals surface area contributed by atoms with Crippen LogP contribution in [0.15, 0.2) is 18.3 Å². The van der Waals surface area contributed by atoms with Crippen LogP contribution in [0.25, 0.3) is 0 Å². The van der Waals surface area contributed by atoms with E-state index >= 15 is 0 Å². The van der Waals surface area contributed by atoms with Gasteiger partial charge in [-0.1, -0.05) is 6.07 Å². The summed E-state index contributed by atoms with van der Waals surface area (Å²) < 4.78 is 0. The molecule has 72 valence electrons. The standard InChI is InChI=1S/C9H14N2O2/c1-9(10,6-13)7-2-3-8(5-12)11-4-7/h2-4,12-13H,5-6,10H2,1H3/t9-/m0/s1. The van der Waals surface area contributed by atoms with Crippen LogP contribution in [0.1, 0.15) is 18.2 Å². The van der Waals surface area contributed by atoms with Crippen molar-refractivity contribution in [3.63, 3.8) is 0 Å². The summed E-state index contributed by atoms with van der Waals surface area (Å²) in [5, 5.41) is 17.7. The molecule has 0 unspecified atom stereocenters. The second-order valence-corrected chi connectivity index (χ2v) is 3.27. The number of nitrogens with zero attached hydrogens (tertiary/aromatic N) is 1. The van der Waals surface area contributed by atoms with Crippen LogP contribution in [0.2, 0.25) is 0 Å². The van der Waals surface area contributed by atoms with E-state index in [1.165, 1.54) is 0 Å². The zero-order valence-electron chi connectivity index (χ0n) is 7.57. The molecule has 13 heavy (non-hydrogen) atoms. The van der Waals surface area contributed by atoms with Gasteiger partial charge in [-0.05, 0) is 18.6 Å². The van der Waals surface area contributed by atoms with Crippen molar-refractivity contribution >= 4 is 0 Å². The first-order valence-corrected chi connectivity index (χ1v) is 4.06. The molecule has 1 rings (SSSR count). The highest BCUT2D eigenvalue weighted by Gasteiger charge is 2.19. The highest BCUT2D eigenvalue weighted by molar-refractivity contribution is 5.21. The average molecular weight is 182 g/mol. The second-order valence-electron chi connectivity index (χ2n) is 3.27. The molecule has 1 aromatic heterocycles. The molecule has 0 spiro atoms. The minimum absolute atomic E-state index is 0.0826. The van der Waals surface area contributed by atoms with Gasteiger partial charge in [-0.25, -0.2) is 0 Å². The van der Waals surface area contributed by atoms with Crippen molar-refractivity contribution in [3.05, 3.63) is 29.6 Å². The molecule has 0 amide bonds. The topological polar surface area (TPSA) is 79.4 Å². The Morgan fingerprint density at radius 2 is 2.15 bits per heavy atom. The first-order valence-electron chi connectivity index (χ1n) is 4.06. The van der Waals surface area contributed by atoms with E-state index in [1.807, 2.05) is 0 Å². The van der Waals surface area contributed by atoms with Crippen LogP contribution in [0.4, 0.5) is 0 Å². The highest BCUT2D eigenvalue weighted by Crippen LogP contribution is 2.15. The van der Waals surface area contributed by atoms with E-state index in [1.54, 1.807) is 25.3 Å². The van der Waals surface area contributed by atoms with Gasteiger partial charge < -0.3 is 15.9 Å². The Kier molecular flexibility index (Phi) is 2.98. The van der Waals surface area contributed by atoms with Crippen molar-refractivity contribution in [1.82, 2.24) is 4.98 Å². The summed E-state index contributed by atoms with van der Waals surface area (Å²) in [7, 11) is 0. The summed E-state index contributed by atoms with van der Waals surface area (Å²) in [6, 6.07) is 3.45. The van der Waals surface area contributed by atoms with Crippen LogP contribution < -0.4 is 5.73 Å². The molecule has 0 saturated carbocycles. The van der Waals surface area contributed by atoms with E-state index in [-0.39, 0.29) is 13.2 Å². The van der Waals surface area contributed by atoms with Crippen LogP contribution in [0.5, 0.6) is 0 Å². The first-order chi connectivity index (χ1) is 6.10. The molecule has 0 aliphatic heterocycles. The van der Waals surface area contributed by atoms with Crippen molar-refractivity contribution in [2.24, 2.45) is 5.73 Å². The molecule has 0 radical (unpaired) electrons. The largest absolute Gasteiger partial charge is 0.394 e. The first kappa shape index (κ1) is 10.1. The smallest absolute Gasteiger partial charge is 0.0852 e. The van der Waals surface area contributed by atoms with Gasteiger partial charge in [-0.15, -0.1) is 0 Å². The number of pyridine rings is 1. The molecular formula is C9H14N2O2. The highest BCUT2D eigenvalue weighted by atomic mass is 16.3. The molecular weight excluding hydrogens is 168 g/mol. The fourth-order valence-electron chi connectivity index (χ4n) is 0.947. The van der Waals surface area contributed by atoms with E-state index < -0.39 is 5.54 Å². The quantitative estimate of drug-likeness (QED) is 0.601. The molecule has 0 bridgehead atoms. The molecule has 4 heteroatoms. The Labute approximate surface area is 77.0 Å². The number of rotatable bonds is 3. The van der Waals surface area contributed by atoms with E-state index in [9.17, 15) is 0 Å². The van der Waals surface area contributed by atoms with Gasteiger partial charge in [0.1, 0.15) is 0 Å². The molecule has 0 aromatic carbocycles. The molecule has 1 aromatic rings. The van der Waals surface area contributed by atoms with Crippen LogP contribution >= 0.6 is 0 Å². The molecule has 4 N–H and O–H groups in total. The maximum Gasteiger partial charge on any atom is 0.0852 e. The Balaban J connectivity index is 2.92. The fraction of sp³-hybridized carbons (Fsp3) is 0.444. The Hall–Kier alpha value is -0.970. The van der Waals surface area contributed by atoms with Gasteiger partial charge in [0.05, 0.1) is 24.4 Å². The van der Waals surface area contributed by atoms with Crippen molar-refractivity contribution < 1.29 is 10.2 Å². The van der Waals surface area contributed by atoms with Gasteiger partial charge in [0, 0.05) is 6.20 Å². The lowest BCUT2D eigenvalue weighted by Crippen LogP contribution is -2.37. The Morgan fingerprint density at radius 1 is 1.46 bits per heavy atom. The van der Waals surface area contributed by atoms with E-state index in [2.05, 4.69) is 4.98 Å². The number of hydrogen-bond donors (Lipinski definition) is 3. The van der Waals surface area contributed by atoms with Crippen molar-refractivity contribution in [2.75, 3.05) is 6.61 Å².